The Bertz CT molecular complexity index is 529. The van der Waals surface area contributed by atoms with E-state index in [0.29, 0.717) is 10.0 Å². The zero-order valence-electron chi connectivity index (χ0n) is 9.17. The highest BCUT2D eigenvalue weighted by Gasteiger charge is 2.02. The van der Waals surface area contributed by atoms with Crippen molar-refractivity contribution in [1.29, 1.82) is 0 Å². The lowest BCUT2D eigenvalue weighted by molar-refractivity contribution is 1.28. The molecule has 0 aliphatic heterocycles. The van der Waals surface area contributed by atoms with Gasteiger partial charge in [0.1, 0.15) is 5.82 Å². The first-order valence-corrected chi connectivity index (χ1v) is 5.80. The first-order chi connectivity index (χ1) is 8.19. The van der Waals surface area contributed by atoms with Gasteiger partial charge in [-0.15, -0.1) is 0 Å². The number of anilines is 3. The molecule has 0 saturated carbocycles. The van der Waals surface area contributed by atoms with Crippen molar-refractivity contribution >= 4 is 40.4 Å². The predicted octanol–water partition coefficient (Wildman–Crippen LogP) is 4.17. The number of hydrogen-bond donors (Lipinski definition) is 2. The van der Waals surface area contributed by atoms with Crippen molar-refractivity contribution in [2.45, 2.75) is 0 Å². The molecule has 17 heavy (non-hydrogen) atoms. The lowest BCUT2D eigenvalue weighted by atomic mass is 10.3. The predicted molar refractivity (Wildman–Crippen MR) is 73.5 cm³/mol. The van der Waals surface area contributed by atoms with Crippen LogP contribution in [0.15, 0.2) is 36.5 Å². The summed E-state index contributed by atoms with van der Waals surface area (Å²) in [6, 6.07) is 9.09. The lowest BCUT2D eigenvalue weighted by Gasteiger charge is -2.09. The summed E-state index contributed by atoms with van der Waals surface area (Å²) in [5.74, 6) is 0.792. The molecule has 1 aromatic heterocycles. The van der Waals surface area contributed by atoms with Crippen molar-refractivity contribution in [1.82, 2.24) is 4.98 Å². The molecule has 3 nitrogen and oxygen atoms in total. The molecule has 0 unspecified atom stereocenters. The summed E-state index contributed by atoms with van der Waals surface area (Å²) in [6.07, 6.45) is 1.72. The van der Waals surface area contributed by atoms with Crippen LogP contribution < -0.4 is 10.6 Å². The third-order valence-electron chi connectivity index (χ3n) is 2.23. The van der Waals surface area contributed by atoms with Crippen LogP contribution in [0.5, 0.6) is 0 Å². The smallest absolute Gasteiger partial charge is 0.127 e. The fourth-order valence-corrected chi connectivity index (χ4v) is 1.85. The number of aromatic nitrogens is 1. The summed E-state index contributed by atoms with van der Waals surface area (Å²) in [4.78, 5) is 4.13. The first kappa shape index (κ1) is 12.0. The van der Waals surface area contributed by atoms with Gasteiger partial charge in [-0.1, -0.05) is 23.2 Å². The number of rotatable bonds is 3. The van der Waals surface area contributed by atoms with Gasteiger partial charge in [0.15, 0.2) is 0 Å². The fourth-order valence-electron chi connectivity index (χ4n) is 1.39. The minimum absolute atomic E-state index is 0.584. The molecular weight excluding hydrogens is 257 g/mol. The van der Waals surface area contributed by atoms with Gasteiger partial charge in [-0.2, -0.15) is 0 Å². The summed E-state index contributed by atoms with van der Waals surface area (Å²) in [7, 11) is 1.82. The van der Waals surface area contributed by atoms with Crippen LogP contribution >= 0.6 is 23.2 Å². The second kappa shape index (κ2) is 5.25. The minimum atomic E-state index is 0.584. The average molecular weight is 268 g/mol. The molecule has 0 aliphatic carbocycles. The Morgan fingerprint density at radius 3 is 2.65 bits per heavy atom. The van der Waals surface area contributed by atoms with Crippen molar-refractivity contribution in [3.63, 3.8) is 0 Å². The maximum absolute atomic E-state index is 6.07. The number of nitrogens with one attached hydrogen (secondary N) is 2. The Labute approximate surface area is 110 Å². The van der Waals surface area contributed by atoms with Crippen LogP contribution in [0.3, 0.4) is 0 Å². The molecule has 2 N–H and O–H groups in total. The molecule has 0 atom stereocenters. The molecule has 0 saturated heterocycles. The Morgan fingerprint density at radius 1 is 1.12 bits per heavy atom. The molecule has 88 valence electrons. The molecule has 5 heteroatoms. The van der Waals surface area contributed by atoms with Crippen molar-refractivity contribution in [3.8, 4) is 0 Å². The number of pyridine rings is 1. The van der Waals surface area contributed by atoms with Crippen molar-refractivity contribution in [2.24, 2.45) is 0 Å². The minimum Gasteiger partial charge on any atom is -0.373 e. The fraction of sp³-hybridized carbons (Fsp3) is 0.0833. The van der Waals surface area contributed by atoms with Crippen molar-refractivity contribution in [3.05, 3.63) is 46.6 Å². The van der Waals surface area contributed by atoms with Crippen molar-refractivity contribution in [2.75, 3.05) is 17.7 Å². The molecule has 1 aromatic carbocycles. The van der Waals surface area contributed by atoms with Gasteiger partial charge in [-0.25, -0.2) is 4.98 Å². The van der Waals surface area contributed by atoms with E-state index in [2.05, 4.69) is 15.6 Å². The summed E-state index contributed by atoms with van der Waals surface area (Å²) in [6.45, 7) is 0. The zero-order chi connectivity index (χ0) is 12.3. The van der Waals surface area contributed by atoms with Crippen LogP contribution in [0.25, 0.3) is 0 Å². The van der Waals surface area contributed by atoms with Crippen LogP contribution in [0.1, 0.15) is 0 Å². The molecule has 1 heterocycles. The number of nitrogens with zero attached hydrogens (tertiary/aromatic N) is 1. The van der Waals surface area contributed by atoms with E-state index in [4.69, 9.17) is 23.2 Å². The van der Waals surface area contributed by atoms with Gasteiger partial charge in [-0.05, 0) is 24.3 Å². The van der Waals surface area contributed by atoms with Gasteiger partial charge >= 0.3 is 0 Å². The number of benzene rings is 1. The molecule has 2 aromatic rings. The van der Waals surface area contributed by atoms with Gasteiger partial charge in [0, 0.05) is 30.0 Å². The highest BCUT2D eigenvalue weighted by atomic mass is 35.5. The van der Waals surface area contributed by atoms with E-state index >= 15 is 0 Å². The van der Waals surface area contributed by atoms with Gasteiger partial charge in [0.2, 0.25) is 0 Å². The number of halogens is 2. The standard InChI is InChI=1S/C12H11Cl2N3/c1-15-12-7-9(4-5-16-12)17-11-3-2-8(13)6-10(11)14/h2-7H,1H3,(H2,15,16,17). The van der Waals surface area contributed by atoms with Gasteiger partial charge in [0.05, 0.1) is 10.7 Å². The largest absolute Gasteiger partial charge is 0.373 e. The van der Waals surface area contributed by atoms with E-state index in [9.17, 15) is 0 Å². The molecule has 0 spiro atoms. The maximum atomic E-state index is 6.07. The lowest BCUT2D eigenvalue weighted by Crippen LogP contribution is -1.95. The van der Waals surface area contributed by atoms with Crippen LogP contribution in [-0.4, -0.2) is 12.0 Å². The molecule has 0 amide bonds. The second-order valence-corrected chi connectivity index (χ2v) is 4.27. The van der Waals surface area contributed by atoms with E-state index in [-0.39, 0.29) is 0 Å². The topological polar surface area (TPSA) is 37.0 Å². The molecule has 0 fully saturated rings. The normalized spacial score (nSPS) is 10.1. The van der Waals surface area contributed by atoms with Gasteiger partial charge in [0.25, 0.3) is 0 Å². The maximum Gasteiger partial charge on any atom is 0.127 e. The van der Waals surface area contributed by atoms with E-state index in [0.717, 1.165) is 17.2 Å². The molecule has 0 radical (unpaired) electrons. The van der Waals surface area contributed by atoms with Crippen LogP contribution in [0.2, 0.25) is 10.0 Å². The Hall–Kier alpha value is -1.45. The molecule has 2 rings (SSSR count). The van der Waals surface area contributed by atoms with E-state index in [1.807, 2.05) is 25.2 Å². The monoisotopic (exact) mass is 267 g/mol. The summed E-state index contributed by atoms with van der Waals surface area (Å²) in [5, 5.41) is 7.38. The van der Waals surface area contributed by atoms with Crippen LogP contribution in [0, 0.1) is 0 Å². The Kier molecular flexibility index (Phi) is 3.71. The Morgan fingerprint density at radius 2 is 1.94 bits per heavy atom. The van der Waals surface area contributed by atoms with Gasteiger partial charge < -0.3 is 10.6 Å². The van der Waals surface area contributed by atoms with E-state index < -0.39 is 0 Å². The third-order valence-corrected chi connectivity index (χ3v) is 2.77. The average Bonchev–Trinajstić information content (AvgIpc) is 2.33. The molecule has 0 aliphatic rings. The van der Waals surface area contributed by atoms with Crippen molar-refractivity contribution < 1.29 is 0 Å². The van der Waals surface area contributed by atoms with Crippen LogP contribution in [-0.2, 0) is 0 Å². The van der Waals surface area contributed by atoms with E-state index in [1.165, 1.54) is 0 Å². The number of hydrogen-bond acceptors (Lipinski definition) is 3. The highest BCUT2D eigenvalue weighted by Crippen LogP contribution is 2.28. The first-order valence-electron chi connectivity index (χ1n) is 5.05. The Balaban J connectivity index is 2.25. The highest BCUT2D eigenvalue weighted by molar-refractivity contribution is 6.36. The van der Waals surface area contributed by atoms with Gasteiger partial charge in [-0.3, -0.25) is 0 Å². The summed E-state index contributed by atoms with van der Waals surface area (Å²) < 4.78 is 0. The van der Waals surface area contributed by atoms with E-state index in [1.54, 1.807) is 18.3 Å². The quantitative estimate of drug-likeness (QED) is 0.877. The van der Waals surface area contributed by atoms with Crippen LogP contribution in [0.4, 0.5) is 17.2 Å². The molecular formula is C12H11Cl2N3. The zero-order valence-corrected chi connectivity index (χ0v) is 10.7. The third kappa shape index (κ3) is 3.02. The molecule has 0 bridgehead atoms. The summed E-state index contributed by atoms with van der Waals surface area (Å²) in [5.41, 5.74) is 1.72. The SMILES string of the molecule is CNc1cc(Nc2ccc(Cl)cc2Cl)ccn1. The second-order valence-electron chi connectivity index (χ2n) is 3.43. The summed E-state index contributed by atoms with van der Waals surface area (Å²) >= 11 is 11.9.